The first kappa shape index (κ1) is 18.2. The highest BCUT2D eigenvalue weighted by Crippen LogP contribution is 2.34. The first-order valence-corrected chi connectivity index (χ1v) is 9.74. The molecule has 9 heteroatoms. The predicted molar refractivity (Wildman–Crippen MR) is 106 cm³/mol. The van der Waals surface area contributed by atoms with Crippen molar-refractivity contribution in [2.24, 2.45) is 5.92 Å². The van der Waals surface area contributed by atoms with Crippen LogP contribution >= 0.6 is 0 Å². The molecule has 1 aliphatic carbocycles. The van der Waals surface area contributed by atoms with E-state index in [1.807, 2.05) is 10.9 Å². The van der Waals surface area contributed by atoms with E-state index in [4.69, 9.17) is 5.26 Å². The van der Waals surface area contributed by atoms with Crippen LogP contribution < -0.4 is 5.32 Å². The zero-order valence-electron chi connectivity index (χ0n) is 16.0. The molecule has 0 atom stereocenters. The summed E-state index contributed by atoms with van der Waals surface area (Å²) in [6.07, 6.45) is 7.53. The van der Waals surface area contributed by atoms with Gasteiger partial charge in [-0.25, -0.2) is 14.4 Å². The largest absolute Gasteiger partial charge is 0.336 e. The summed E-state index contributed by atoms with van der Waals surface area (Å²) < 4.78 is 16.6. The fraction of sp³-hybridized carbons (Fsp3) is 0.286. The summed E-state index contributed by atoms with van der Waals surface area (Å²) in [7, 11) is 0. The number of hydrogen-bond donors (Lipinski definition) is 1. The first-order valence-electron chi connectivity index (χ1n) is 9.74. The number of nitrogens with zero attached hydrogens (tertiary/aromatic N) is 6. The molecule has 0 unspecified atom stereocenters. The number of benzene rings is 1. The molecular weight excluding hydrogens is 385 g/mol. The fourth-order valence-corrected chi connectivity index (χ4v) is 3.39. The number of anilines is 2. The highest BCUT2D eigenvalue weighted by Gasteiger charge is 2.32. The Labute approximate surface area is 172 Å². The Bertz CT molecular complexity index is 1160. The third-order valence-corrected chi connectivity index (χ3v) is 5.28. The highest BCUT2D eigenvalue weighted by molar-refractivity contribution is 5.95. The van der Waals surface area contributed by atoms with Crippen molar-refractivity contribution < 1.29 is 9.18 Å². The highest BCUT2D eigenvalue weighted by atomic mass is 19.1. The molecule has 2 aliphatic rings. The normalized spacial score (nSPS) is 16.1. The van der Waals surface area contributed by atoms with Crippen LogP contribution in [0.5, 0.6) is 0 Å². The van der Waals surface area contributed by atoms with E-state index >= 15 is 0 Å². The number of aromatic nitrogens is 4. The van der Waals surface area contributed by atoms with Gasteiger partial charge in [0, 0.05) is 31.0 Å². The lowest BCUT2D eigenvalue weighted by molar-refractivity contribution is 0.0572. The second kappa shape index (κ2) is 7.22. The van der Waals surface area contributed by atoms with Gasteiger partial charge in [0.05, 0.1) is 41.2 Å². The topological polar surface area (TPSA) is 99.7 Å². The van der Waals surface area contributed by atoms with Gasteiger partial charge in [-0.3, -0.25) is 9.48 Å². The molecule has 5 rings (SSSR count). The van der Waals surface area contributed by atoms with Crippen molar-refractivity contribution in [1.82, 2.24) is 24.6 Å². The van der Waals surface area contributed by atoms with Crippen molar-refractivity contribution >= 4 is 17.5 Å². The van der Waals surface area contributed by atoms with Crippen LogP contribution in [0.15, 0.2) is 42.9 Å². The average Bonchev–Trinajstić information content (AvgIpc) is 3.46. The van der Waals surface area contributed by atoms with E-state index < -0.39 is 11.7 Å². The Morgan fingerprint density at radius 3 is 2.83 bits per heavy atom. The monoisotopic (exact) mass is 403 g/mol. The maximum absolute atomic E-state index is 14.6. The van der Waals surface area contributed by atoms with Crippen LogP contribution in [-0.4, -0.2) is 43.6 Å². The Balaban J connectivity index is 1.32. The SMILES string of the molecule is N#CC1CN(C(=O)c2ccc(-c3ccnc(Nc4cnn(C5CC5)c4)n3)cc2F)C1. The van der Waals surface area contributed by atoms with Gasteiger partial charge in [-0.05, 0) is 31.0 Å². The summed E-state index contributed by atoms with van der Waals surface area (Å²) in [5.41, 5.74) is 1.86. The second-order valence-electron chi connectivity index (χ2n) is 7.56. The number of rotatable bonds is 5. The van der Waals surface area contributed by atoms with Crippen molar-refractivity contribution in [2.45, 2.75) is 18.9 Å². The number of halogens is 1. The standard InChI is InChI=1S/C21H18FN7O/c22-18-7-14(1-4-17(18)20(30)28-10-13(8-23)11-28)19-5-6-24-21(27-19)26-15-9-25-29(12-15)16-2-3-16/h1,4-7,9,12-13,16H,2-3,10-11H2,(H,24,26,27). The fourth-order valence-electron chi connectivity index (χ4n) is 3.39. The van der Waals surface area contributed by atoms with Gasteiger partial charge < -0.3 is 10.2 Å². The first-order chi connectivity index (χ1) is 14.6. The summed E-state index contributed by atoms with van der Waals surface area (Å²) >= 11 is 0. The predicted octanol–water partition coefficient (Wildman–Crippen LogP) is 3.15. The van der Waals surface area contributed by atoms with Crippen LogP contribution in [-0.2, 0) is 0 Å². The molecule has 0 bridgehead atoms. The lowest BCUT2D eigenvalue weighted by Gasteiger charge is -2.35. The van der Waals surface area contributed by atoms with E-state index in [1.165, 1.54) is 17.0 Å². The van der Waals surface area contributed by atoms with Gasteiger partial charge in [-0.2, -0.15) is 10.4 Å². The maximum atomic E-state index is 14.6. The van der Waals surface area contributed by atoms with Crippen LogP contribution in [0, 0.1) is 23.1 Å². The van der Waals surface area contributed by atoms with Gasteiger partial charge in [0.2, 0.25) is 5.95 Å². The van der Waals surface area contributed by atoms with Crippen LogP contribution in [0.25, 0.3) is 11.3 Å². The number of carbonyl (C=O) groups is 1. The van der Waals surface area contributed by atoms with E-state index in [1.54, 1.807) is 24.5 Å². The molecule has 1 amide bonds. The van der Waals surface area contributed by atoms with E-state index in [0.29, 0.717) is 36.3 Å². The molecule has 1 aliphatic heterocycles. The van der Waals surface area contributed by atoms with Gasteiger partial charge in [0.15, 0.2) is 0 Å². The molecule has 1 saturated carbocycles. The molecule has 1 saturated heterocycles. The van der Waals surface area contributed by atoms with Gasteiger partial charge in [-0.1, -0.05) is 6.07 Å². The molecule has 150 valence electrons. The minimum atomic E-state index is -0.614. The molecule has 1 aromatic carbocycles. The van der Waals surface area contributed by atoms with Crippen LogP contribution in [0.2, 0.25) is 0 Å². The molecule has 2 fully saturated rings. The number of nitrogens with one attached hydrogen (secondary N) is 1. The van der Waals surface area contributed by atoms with Crippen molar-refractivity contribution in [3.8, 4) is 17.3 Å². The summed E-state index contributed by atoms with van der Waals surface area (Å²) in [5.74, 6) is -0.800. The van der Waals surface area contributed by atoms with E-state index in [-0.39, 0.29) is 11.5 Å². The quantitative estimate of drug-likeness (QED) is 0.703. The molecule has 2 aromatic heterocycles. The number of likely N-dealkylation sites (tertiary alicyclic amines) is 1. The number of amides is 1. The van der Waals surface area contributed by atoms with E-state index in [2.05, 4.69) is 26.5 Å². The minimum Gasteiger partial charge on any atom is -0.336 e. The van der Waals surface area contributed by atoms with Crippen LogP contribution in [0.4, 0.5) is 16.0 Å². The van der Waals surface area contributed by atoms with Crippen molar-refractivity contribution in [3.05, 3.63) is 54.2 Å². The molecule has 0 spiro atoms. The molecule has 8 nitrogen and oxygen atoms in total. The minimum absolute atomic E-state index is 0.00460. The molecule has 30 heavy (non-hydrogen) atoms. The number of carbonyl (C=O) groups excluding carboxylic acids is 1. The van der Waals surface area contributed by atoms with Crippen LogP contribution in [0.3, 0.4) is 0 Å². The Morgan fingerprint density at radius 1 is 1.27 bits per heavy atom. The molecular formula is C21H18FN7O. The van der Waals surface area contributed by atoms with E-state index in [9.17, 15) is 9.18 Å². The smallest absolute Gasteiger partial charge is 0.256 e. The summed E-state index contributed by atoms with van der Waals surface area (Å²) in [6.45, 7) is 0.684. The Morgan fingerprint density at radius 2 is 2.10 bits per heavy atom. The van der Waals surface area contributed by atoms with Gasteiger partial charge in [0.1, 0.15) is 5.82 Å². The summed E-state index contributed by atoms with van der Waals surface area (Å²) in [4.78, 5) is 22.5. The van der Waals surface area contributed by atoms with Gasteiger partial charge >= 0.3 is 0 Å². The van der Waals surface area contributed by atoms with Crippen molar-refractivity contribution in [1.29, 1.82) is 5.26 Å². The summed E-state index contributed by atoms with van der Waals surface area (Å²) in [6, 6.07) is 8.69. The molecule has 3 heterocycles. The van der Waals surface area contributed by atoms with Crippen molar-refractivity contribution in [3.63, 3.8) is 0 Å². The zero-order chi connectivity index (χ0) is 20.7. The second-order valence-corrected chi connectivity index (χ2v) is 7.56. The average molecular weight is 403 g/mol. The summed E-state index contributed by atoms with van der Waals surface area (Å²) in [5, 5.41) is 16.3. The zero-order valence-corrected chi connectivity index (χ0v) is 16.0. The lowest BCUT2D eigenvalue weighted by atomic mass is 10.00. The Kier molecular flexibility index (Phi) is 4.39. The molecule has 0 radical (unpaired) electrons. The number of hydrogen-bond acceptors (Lipinski definition) is 6. The van der Waals surface area contributed by atoms with Crippen LogP contribution in [0.1, 0.15) is 29.2 Å². The van der Waals surface area contributed by atoms with Crippen molar-refractivity contribution in [2.75, 3.05) is 18.4 Å². The molecule has 3 aromatic rings. The van der Waals surface area contributed by atoms with Gasteiger partial charge in [0.25, 0.3) is 5.91 Å². The maximum Gasteiger partial charge on any atom is 0.256 e. The van der Waals surface area contributed by atoms with E-state index in [0.717, 1.165) is 18.5 Å². The number of nitriles is 1. The Hall–Kier alpha value is -3.80. The lowest BCUT2D eigenvalue weighted by Crippen LogP contribution is -2.49. The third-order valence-electron chi connectivity index (χ3n) is 5.28. The van der Waals surface area contributed by atoms with Gasteiger partial charge in [-0.15, -0.1) is 0 Å². The third kappa shape index (κ3) is 3.48. The molecule has 1 N–H and O–H groups in total.